The molecule has 0 fully saturated rings. The van der Waals surface area contributed by atoms with E-state index in [1.165, 1.54) is 31.4 Å². The van der Waals surface area contributed by atoms with Gasteiger partial charge in [-0.25, -0.2) is 0 Å². The second-order valence-corrected chi connectivity index (χ2v) is 5.33. The van der Waals surface area contributed by atoms with Gasteiger partial charge in [0.25, 0.3) is 17.0 Å². The van der Waals surface area contributed by atoms with Gasteiger partial charge in [0.15, 0.2) is 0 Å². The normalized spacial score (nSPS) is 10.3. The highest BCUT2D eigenvalue weighted by molar-refractivity contribution is 9.10. The van der Waals surface area contributed by atoms with Crippen LogP contribution in [-0.4, -0.2) is 40.1 Å². The molecule has 0 aliphatic heterocycles. The highest BCUT2D eigenvalue weighted by atomic mass is 79.9. The van der Waals surface area contributed by atoms with E-state index >= 15 is 0 Å². The van der Waals surface area contributed by atoms with Crippen molar-refractivity contribution in [2.75, 3.05) is 19.4 Å². The van der Waals surface area contributed by atoms with E-state index in [4.69, 9.17) is 0 Å². The molecule has 0 saturated heterocycles. The molecule has 0 aromatic carbocycles. The van der Waals surface area contributed by atoms with Crippen LogP contribution in [0, 0.1) is 0 Å². The Hall–Kier alpha value is -2.62. The van der Waals surface area contributed by atoms with E-state index in [1.54, 1.807) is 0 Å². The van der Waals surface area contributed by atoms with Crippen molar-refractivity contribution in [3.8, 4) is 0 Å². The number of anilines is 2. The Labute approximate surface area is 131 Å². The number of aromatic nitrogens is 3. The Morgan fingerprint density at radius 2 is 1.77 bits per heavy atom. The summed E-state index contributed by atoms with van der Waals surface area (Å²) in [6.07, 6.45) is 2.56. The van der Waals surface area contributed by atoms with Crippen LogP contribution in [0.25, 0.3) is 0 Å². The smallest absolute Gasteiger partial charge is 0.287 e. The van der Waals surface area contributed by atoms with Crippen LogP contribution in [0.1, 0.15) is 10.4 Å². The second-order valence-electron chi connectivity index (χ2n) is 4.53. The van der Waals surface area contributed by atoms with E-state index in [2.05, 4.69) is 36.4 Å². The lowest BCUT2D eigenvalue weighted by Crippen LogP contribution is -2.29. The Kier molecular flexibility index (Phi) is 4.31. The van der Waals surface area contributed by atoms with Gasteiger partial charge < -0.3 is 15.2 Å². The van der Waals surface area contributed by atoms with Crippen LogP contribution >= 0.6 is 15.9 Å². The predicted octanol–water partition coefficient (Wildman–Crippen LogP) is -0.0406. The van der Waals surface area contributed by atoms with E-state index in [-0.39, 0.29) is 21.4 Å². The largest absolute Gasteiger partial charge is 0.365 e. The van der Waals surface area contributed by atoms with Gasteiger partial charge in [-0.2, -0.15) is 0 Å². The number of nitrogens with one attached hydrogen (secondary N) is 4. The lowest BCUT2D eigenvalue weighted by atomic mass is 10.2. The lowest BCUT2D eigenvalue weighted by molar-refractivity contribution is 0.0826. The first-order chi connectivity index (χ1) is 10.3. The van der Waals surface area contributed by atoms with Gasteiger partial charge >= 0.3 is 0 Å². The van der Waals surface area contributed by atoms with Gasteiger partial charge in [-0.15, -0.1) is 0 Å². The molecule has 10 heteroatoms. The monoisotopic (exact) mass is 369 g/mol. The third kappa shape index (κ3) is 2.86. The van der Waals surface area contributed by atoms with Crippen LogP contribution in [0.15, 0.2) is 31.3 Å². The molecule has 116 valence electrons. The van der Waals surface area contributed by atoms with Crippen molar-refractivity contribution < 1.29 is 4.79 Å². The molecule has 0 aliphatic rings. The number of hydrogen-bond acceptors (Lipinski definition) is 5. The maximum Gasteiger partial charge on any atom is 0.287 e. The topological polar surface area (TPSA) is 131 Å². The third-order valence-corrected chi connectivity index (χ3v) is 3.53. The van der Waals surface area contributed by atoms with E-state index in [0.717, 1.165) is 0 Å². The number of aromatic amines is 3. The fourth-order valence-corrected chi connectivity index (χ4v) is 2.05. The summed E-state index contributed by atoms with van der Waals surface area (Å²) in [5.74, 6) is -0.483. The molecule has 2 heterocycles. The molecular formula is C12H12BrN5O4. The van der Waals surface area contributed by atoms with E-state index in [0.29, 0.717) is 0 Å². The van der Waals surface area contributed by atoms with Crippen LogP contribution in [-0.2, 0) is 0 Å². The molecule has 2 aromatic heterocycles. The fourth-order valence-electron chi connectivity index (χ4n) is 1.67. The van der Waals surface area contributed by atoms with Crippen molar-refractivity contribution in [1.29, 1.82) is 0 Å². The van der Waals surface area contributed by atoms with Crippen molar-refractivity contribution >= 4 is 33.2 Å². The highest BCUT2D eigenvalue weighted by Crippen LogP contribution is 2.15. The number of H-pyrrole nitrogens is 3. The number of hydrogen-bond donors (Lipinski definition) is 4. The summed E-state index contributed by atoms with van der Waals surface area (Å²) < 4.78 is -0.0556. The summed E-state index contributed by atoms with van der Waals surface area (Å²) in [7, 11) is 3.03. The molecule has 0 spiro atoms. The zero-order valence-electron chi connectivity index (χ0n) is 11.6. The predicted molar refractivity (Wildman–Crippen MR) is 83.7 cm³/mol. The molecular weight excluding hydrogens is 358 g/mol. The summed E-state index contributed by atoms with van der Waals surface area (Å²) in [5.41, 5.74) is -2.06. The maximum atomic E-state index is 12.3. The number of amides is 1. The number of halogens is 1. The van der Waals surface area contributed by atoms with Crippen molar-refractivity contribution in [3.05, 3.63) is 53.4 Å². The minimum Gasteiger partial charge on any atom is -0.365 e. The van der Waals surface area contributed by atoms with Crippen LogP contribution in [0.5, 0.6) is 0 Å². The van der Waals surface area contributed by atoms with Gasteiger partial charge in [0, 0.05) is 26.5 Å². The van der Waals surface area contributed by atoms with E-state index in [1.807, 2.05) is 0 Å². The molecule has 22 heavy (non-hydrogen) atoms. The number of carbonyl (C=O) groups is 1. The first-order valence-corrected chi connectivity index (χ1v) is 6.82. The van der Waals surface area contributed by atoms with Gasteiger partial charge in [0.05, 0.1) is 0 Å². The van der Waals surface area contributed by atoms with Gasteiger partial charge in [0.1, 0.15) is 21.4 Å². The summed E-state index contributed by atoms with van der Waals surface area (Å²) >= 11 is 2.97. The molecule has 0 atom stereocenters. The average Bonchev–Trinajstić information content (AvgIpc) is 2.48. The SMILES string of the molecule is CN(C)C(=O)c1c[nH]cc(Nc2c(Br)c(=O)[nH][nH]c2=O)c1=O. The molecule has 4 N–H and O–H groups in total. The Bertz CT molecular complexity index is 895. The van der Waals surface area contributed by atoms with Crippen molar-refractivity contribution in [2.45, 2.75) is 0 Å². The minimum absolute atomic E-state index is 0.0375. The first kappa shape index (κ1) is 15.8. The summed E-state index contributed by atoms with van der Waals surface area (Å²) in [5, 5.41) is 6.82. The third-order valence-electron chi connectivity index (χ3n) is 2.78. The van der Waals surface area contributed by atoms with Crippen molar-refractivity contribution in [2.24, 2.45) is 0 Å². The molecule has 1 amide bonds. The summed E-state index contributed by atoms with van der Waals surface area (Å²) in [6.45, 7) is 0. The van der Waals surface area contributed by atoms with Gasteiger partial charge in [-0.05, 0) is 15.9 Å². The zero-order chi connectivity index (χ0) is 16.4. The van der Waals surface area contributed by atoms with Crippen LogP contribution in [0.2, 0.25) is 0 Å². The minimum atomic E-state index is -0.629. The summed E-state index contributed by atoms with van der Waals surface area (Å²) in [6, 6.07) is 0. The van der Waals surface area contributed by atoms with Crippen LogP contribution in [0.4, 0.5) is 11.4 Å². The summed E-state index contributed by atoms with van der Waals surface area (Å²) in [4.78, 5) is 51.3. The average molecular weight is 370 g/mol. The zero-order valence-corrected chi connectivity index (χ0v) is 13.2. The van der Waals surface area contributed by atoms with Gasteiger partial charge in [-0.1, -0.05) is 0 Å². The molecule has 0 unspecified atom stereocenters. The Morgan fingerprint density at radius 3 is 2.41 bits per heavy atom. The molecule has 0 bridgehead atoms. The number of carbonyl (C=O) groups excluding carboxylic acids is 1. The van der Waals surface area contributed by atoms with Gasteiger partial charge in [0.2, 0.25) is 5.43 Å². The van der Waals surface area contributed by atoms with Gasteiger partial charge in [-0.3, -0.25) is 29.4 Å². The Morgan fingerprint density at radius 1 is 1.14 bits per heavy atom. The Balaban J connectivity index is 2.53. The molecule has 9 nitrogen and oxygen atoms in total. The first-order valence-electron chi connectivity index (χ1n) is 6.03. The fraction of sp³-hybridized carbons (Fsp3) is 0.167. The maximum absolute atomic E-state index is 12.3. The van der Waals surface area contributed by atoms with E-state index in [9.17, 15) is 19.2 Å². The highest BCUT2D eigenvalue weighted by Gasteiger charge is 2.17. The molecule has 0 radical (unpaired) electrons. The van der Waals surface area contributed by atoms with Crippen molar-refractivity contribution in [3.63, 3.8) is 0 Å². The number of nitrogens with zero attached hydrogens (tertiary/aromatic N) is 1. The lowest BCUT2D eigenvalue weighted by Gasteiger charge is -2.11. The number of rotatable bonds is 3. The van der Waals surface area contributed by atoms with Crippen LogP contribution in [0.3, 0.4) is 0 Å². The quantitative estimate of drug-likeness (QED) is 0.602. The molecule has 2 aromatic rings. The standard InChI is InChI=1S/C12H12BrN5O4/c1-18(2)12(22)5-3-14-4-6(9(5)19)15-8-7(13)10(20)16-17-11(8)21/h3-4H,1-2H3,(H,14,19)(H,17,21)(H2,15,16,20). The number of pyridine rings is 1. The van der Waals surface area contributed by atoms with Crippen LogP contribution < -0.4 is 21.9 Å². The molecule has 0 aliphatic carbocycles. The van der Waals surface area contributed by atoms with Crippen molar-refractivity contribution in [1.82, 2.24) is 20.1 Å². The second kappa shape index (κ2) is 6.02. The molecule has 2 rings (SSSR count). The molecule has 0 saturated carbocycles. The van der Waals surface area contributed by atoms with E-state index < -0.39 is 22.5 Å².